The van der Waals surface area contributed by atoms with Gasteiger partial charge in [0.25, 0.3) is 0 Å². The van der Waals surface area contributed by atoms with E-state index < -0.39 is 0 Å². The van der Waals surface area contributed by atoms with Crippen LogP contribution >= 0.6 is 0 Å². The molecular weight excluding hydrogens is 366 g/mol. The maximum Gasteiger partial charge on any atom is 0.229 e. The summed E-state index contributed by atoms with van der Waals surface area (Å²) in [6, 6.07) is 15.4. The van der Waals surface area contributed by atoms with E-state index in [0.29, 0.717) is 13.2 Å². The molecule has 2 heterocycles. The lowest BCUT2D eigenvalue weighted by Gasteiger charge is -2.22. The lowest BCUT2D eigenvalue weighted by Crippen LogP contribution is -2.28. The molecule has 2 aliphatic heterocycles. The van der Waals surface area contributed by atoms with Crippen LogP contribution in [0.25, 0.3) is 0 Å². The third kappa shape index (κ3) is 4.21. The molecule has 2 aromatic carbocycles. The van der Waals surface area contributed by atoms with E-state index in [0.717, 1.165) is 35.9 Å². The Bertz CT molecular complexity index is 875. The zero-order valence-corrected chi connectivity index (χ0v) is 16.8. The zero-order valence-electron chi connectivity index (χ0n) is 16.8. The summed E-state index contributed by atoms with van der Waals surface area (Å²) in [6.45, 7) is 4.96. The van der Waals surface area contributed by atoms with Gasteiger partial charge in [-0.3, -0.25) is 9.59 Å². The fourth-order valence-corrected chi connectivity index (χ4v) is 4.07. The summed E-state index contributed by atoms with van der Waals surface area (Å²) in [5.74, 6) is 0.289. The molecule has 152 valence electrons. The Balaban J connectivity index is 1.43. The summed E-state index contributed by atoms with van der Waals surface area (Å²) in [5.41, 5.74) is 2.68. The summed E-state index contributed by atoms with van der Waals surface area (Å²) in [5, 5.41) is 3.07. The number of anilines is 3. The van der Waals surface area contributed by atoms with Crippen molar-refractivity contribution in [2.75, 3.05) is 41.4 Å². The van der Waals surface area contributed by atoms with Crippen LogP contribution in [0, 0.1) is 5.92 Å². The molecular formula is C23H27N3O3. The summed E-state index contributed by atoms with van der Waals surface area (Å²) in [7, 11) is 0. The largest absolute Gasteiger partial charge is 0.494 e. The number of nitrogens with one attached hydrogen (secondary N) is 1. The maximum absolute atomic E-state index is 12.9. The number of benzene rings is 2. The highest BCUT2D eigenvalue weighted by atomic mass is 16.5. The summed E-state index contributed by atoms with van der Waals surface area (Å²) < 4.78 is 5.46. The average molecular weight is 393 g/mol. The lowest BCUT2D eigenvalue weighted by atomic mass is 10.1. The number of para-hydroxylation sites is 2. The molecule has 4 rings (SSSR count). The molecule has 2 saturated heterocycles. The first-order valence-corrected chi connectivity index (χ1v) is 10.3. The van der Waals surface area contributed by atoms with Gasteiger partial charge in [-0.05, 0) is 56.2 Å². The van der Waals surface area contributed by atoms with E-state index in [4.69, 9.17) is 4.74 Å². The molecule has 1 unspecified atom stereocenters. The van der Waals surface area contributed by atoms with E-state index in [2.05, 4.69) is 10.2 Å². The van der Waals surface area contributed by atoms with Gasteiger partial charge in [-0.25, -0.2) is 0 Å². The highest BCUT2D eigenvalue weighted by Gasteiger charge is 2.35. The van der Waals surface area contributed by atoms with Gasteiger partial charge in [0.2, 0.25) is 11.8 Å². The van der Waals surface area contributed by atoms with Crippen molar-refractivity contribution in [2.24, 2.45) is 5.92 Å². The number of carbonyl (C=O) groups excluding carboxylic acids is 2. The van der Waals surface area contributed by atoms with Crippen molar-refractivity contribution in [1.29, 1.82) is 0 Å². The average Bonchev–Trinajstić information content (AvgIpc) is 3.39. The van der Waals surface area contributed by atoms with Gasteiger partial charge in [-0.15, -0.1) is 0 Å². The third-order valence-corrected chi connectivity index (χ3v) is 5.56. The van der Waals surface area contributed by atoms with Crippen LogP contribution in [0.4, 0.5) is 17.1 Å². The molecule has 1 N–H and O–H groups in total. The smallest absolute Gasteiger partial charge is 0.229 e. The normalized spacial score (nSPS) is 18.9. The first-order chi connectivity index (χ1) is 14.2. The molecule has 6 heteroatoms. The second kappa shape index (κ2) is 8.55. The van der Waals surface area contributed by atoms with Crippen LogP contribution in [0.2, 0.25) is 0 Å². The minimum atomic E-state index is -0.360. The first-order valence-electron chi connectivity index (χ1n) is 10.3. The van der Waals surface area contributed by atoms with E-state index in [1.807, 2.05) is 55.5 Å². The van der Waals surface area contributed by atoms with Crippen LogP contribution in [-0.2, 0) is 9.59 Å². The van der Waals surface area contributed by atoms with E-state index >= 15 is 0 Å². The highest BCUT2D eigenvalue weighted by molar-refractivity contribution is 6.04. The monoisotopic (exact) mass is 393 g/mol. The topological polar surface area (TPSA) is 61.9 Å². The van der Waals surface area contributed by atoms with Gasteiger partial charge in [-0.1, -0.05) is 12.1 Å². The predicted octanol–water partition coefficient (Wildman–Crippen LogP) is 3.68. The Hall–Kier alpha value is -3.02. The van der Waals surface area contributed by atoms with Gasteiger partial charge in [-0.2, -0.15) is 0 Å². The molecule has 2 aliphatic rings. The van der Waals surface area contributed by atoms with E-state index in [1.165, 1.54) is 12.8 Å². The van der Waals surface area contributed by atoms with Crippen LogP contribution in [0.15, 0.2) is 48.5 Å². The lowest BCUT2D eigenvalue weighted by molar-refractivity contribution is -0.122. The Kier molecular flexibility index (Phi) is 5.69. The van der Waals surface area contributed by atoms with Crippen LogP contribution in [-0.4, -0.2) is 38.1 Å². The Morgan fingerprint density at radius 2 is 1.83 bits per heavy atom. The quantitative estimate of drug-likeness (QED) is 0.813. The summed E-state index contributed by atoms with van der Waals surface area (Å²) >= 11 is 0. The van der Waals surface area contributed by atoms with Crippen molar-refractivity contribution < 1.29 is 14.3 Å². The summed E-state index contributed by atoms with van der Waals surface area (Å²) in [6.07, 6.45) is 2.58. The van der Waals surface area contributed by atoms with Gasteiger partial charge < -0.3 is 19.9 Å². The molecule has 2 amide bonds. The Morgan fingerprint density at radius 1 is 1.10 bits per heavy atom. The van der Waals surface area contributed by atoms with Gasteiger partial charge in [0, 0.05) is 31.7 Å². The molecule has 0 radical (unpaired) electrons. The molecule has 0 aromatic heterocycles. The standard InChI is InChI=1S/C23H27N3O3/c1-2-29-19-11-9-18(10-12-19)26-16-17(15-22(26)27)23(28)24-20-7-3-4-8-21(20)25-13-5-6-14-25/h3-4,7-12,17H,2,5-6,13-16H2,1H3,(H,24,28). The molecule has 6 nitrogen and oxygen atoms in total. The van der Waals surface area contributed by atoms with Crippen LogP contribution in [0.5, 0.6) is 5.75 Å². The number of hydrogen-bond donors (Lipinski definition) is 1. The Morgan fingerprint density at radius 3 is 2.55 bits per heavy atom. The third-order valence-electron chi connectivity index (χ3n) is 5.56. The second-order valence-corrected chi connectivity index (χ2v) is 7.53. The fraction of sp³-hybridized carbons (Fsp3) is 0.391. The van der Waals surface area contributed by atoms with Crippen molar-refractivity contribution in [3.63, 3.8) is 0 Å². The second-order valence-electron chi connectivity index (χ2n) is 7.53. The number of amides is 2. The zero-order chi connectivity index (χ0) is 20.2. The van der Waals surface area contributed by atoms with Crippen LogP contribution < -0.4 is 19.9 Å². The molecule has 0 spiro atoms. The molecule has 1 atom stereocenters. The predicted molar refractivity (Wildman–Crippen MR) is 115 cm³/mol. The van der Waals surface area contributed by atoms with Crippen molar-refractivity contribution in [3.05, 3.63) is 48.5 Å². The van der Waals surface area contributed by atoms with Gasteiger partial charge >= 0.3 is 0 Å². The van der Waals surface area contributed by atoms with Gasteiger partial charge in [0.15, 0.2) is 0 Å². The maximum atomic E-state index is 12.9. The molecule has 2 aromatic rings. The number of hydrogen-bond acceptors (Lipinski definition) is 4. The van der Waals surface area contributed by atoms with Crippen LogP contribution in [0.1, 0.15) is 26.2 Å². The molecule has 0 bridgehead atoms. The minimum absolute atomic E-state index is 0.0258. The number of rotatable bonds is 6. The van der Waals surface area contributed by atoms with Crippen molar-refractivity contribution >= 4 is 28.9 Å². The van der Waals surface area contributed by atoms with Crippen molar-refractivity contribution in [2.45, 2.75) is 26.2 Å². The molecule has 0 saturated carbocycles. The van der Waals surface area contributed by atoms with Crippen LogP contribution in [0.3, 0.4) is 0 Å². The molecule has 2 fully saturated rings. The summed E-state index contributed by atoms with van der Waals surface area (Å²) in [4.78, 5) is 29.4. The van der Waals surface area contributed by atoms with Crippen molar-refractivity contribution in [3.8, 4) is 5.75 Å². The van der Waals surface area contributed by atoms with E-state index in [1.54, 1.807) is 4.90 Å². The number of nitrogens with zero attached hydrogens (tertiary/aromatic N) is 2. The van der Waals surface area contributed by atoms with Crippen molar-refractivity contribution in [1.82, 2.24) is 0 Å². The first kappa shape index (κ1) is 19.3. The Labute approximate surface area is 171 Å². The van der Waals surface area contributed by atoms with E-state index in [9.17, 15) is 9.59 Å². The number of ether oxygens (including phenoxy) is 1. The fourth-order valence-electron chi connectivity index (χ4n) is 4.07. The highest BCUT2D eigenvalue weighted by Crippen LogP contribution is 2.31. The van der Waals surface area contributed by atoms with Gasteiger partial charge in [0.1, 0.15) is 5.75 Å². The van der Waals surface area contributed by atoms with Gasteiger partial charge in [0.05, 0.1) is 23.9 Å². The SMILES string of the molecule is CCOc1ccc(N2CC(C(=O)Nc3ccccc3N3CCCC3)CC2=O)cc1. The molecule has 29 heavy (non-hydrogen) atoms. The number of carbonyl (C=O) groups is 2. The minimum Gasteiger partial charge on any atom is -0.494 e. The molecule has 0 aliphatic carbocycles. The van der Waals surface area contributed by atoms with E-state index in [-0.39, 0.29) is 24.2 Å².